The van der Waals surface area contributed by atoms with E-state index in [2.05, 4.69) is 56.4 Å². The van der Waals surface area contributed by atoms with Gasteiger partial charge in [-0.1, -0.05) is 54.4 Å². The number of aromatic nitrogens is 2. The zero-order valence-electron chi connectivity index (χ0n) is 29.2. The van der Waals surface area contributed by atoms with Crippen LogP contribution in [0.4, 0.5) is 5.69 Å². The fraction of sp³-hybridized carbons (Fsp3) is 0.500. The molecule has 2 aliphatic heterocycles. The smallest absolute Gasteiger partial charge is 0.286 e. The first-order valence-electron chi connectivity index (χ1n) is 17.6. The number of hydrogen-bond acceptors (Lipinski definition) is 7. The van der Waals surface area contributed by atoms with Crippen LogP contribution in [0.3, 0.4) is 0 Å². The summed E-state index contributed by atoms with van der Waals surface area (Å²) in [6, 6.07) is 12.2. The zero-order valence-corrected chi connectivity index (χ0v) is 30.8. The number of rotatable bonds is 3. The molecule has 4 aliphatic rings. The highest BCUT2D eigenvalue weighted by molar-refractivity contribution is 7.92. The summed E-state index contributed by atoms with van der Waals surface area (Å²) >= 11 is 6.20. The number of benzene rings is 2. The summed E-state index contributed by atoms with van der Waals surface area (Å²) in [5.41, 5.74) is 4.96. The van der Waals surface area contributed by atoms with Crippen LogP contribution in [-0.4, -0.2) is 64.5 Å². The van der Waals surface area contributed by atoms with E-state index in [1.165, 1.54) is 27.6 Å². The molecule has 3 heterocycles. The molecule has 1 aromatic heterocycles. The fourth-order valence-corrected chi connectivity index (χ4v) is 10.5. The third-order valence-corrected chi connectivity index (χ3v) is 13.3. The molecule has 50 heavy (non-hydrogen) atoms. The molecule has 266 valence electrons. The molecule has 2 aromatic carbocycles. The van der Waals surface area contributed by atoms with Gasteiger partial charge < -0.3 is 14.4 Å². The quantitative estimate of drug-likeness (QED) is 0.310. The summed E-state index contributed by atoms with van der Waals surface area (Å²) in [6.07, 6.45) is 11.5. The van der Waals surface area contributed by atoms with Crippen LogP contribution in [0.25, 0.3) is 0 Å². The number of carbonyl (C=O) groups excluding carboxylic acids is 2. The summed E-state index contributed by atoms with van der Waals surface area (Å²) in [5, 5.41) is 4.00. The monoisotopic (exact) mass is 719 g/mol. The average Bonchev–Trinajstić information content (AvgIpc) is 3.33. The van der Waals surface area contributed by atoms with Gasteiger partial charge in [-0.15, -0.1) is 4.36 Å². The topological polar surface area (TPSA) is 115 Å². The third kappa shape index (κ3) is 6.84. The molecular formula is C38H46ClN5O5S. The number of fused-ring (bicyclic) bond motifs is 4. The van der Waals surface area contributed by atoms with E-state index in [0.29, 0.717) is 30.6 Å². The van der Waals surface area contributed by atoms with Gasteiger partial charge in [0.15, 0.2) is 5.15 Å². The maximum absolute atomic E-state index is 14.5. The number of ether oxygens (including phenoxy) is 2. The van der Waals surface area contributed by atoms with E-state index in [1.54, 1.807) is 20.2 Å². The Morgan fingerprint density at radius 3 is 2.78 bits per heavy atom. The second-order valence-corrected chi connectivity index (χ2v) is 17.1. The lowest BCUT2D eigenvalue weighted by atomic mass is 9.68. The number of allylic oxidation sites excluding steroid dienone is 1. The molecule has 12 heteroatoms. The zero-order chi connectivity index (χ0) is 35.2. The van der Waals surface area contributed by atoms with Crippen molar-refractivity contribution in [1.29, 1.82) is 0 Å². The highest BCUT2D eigenvalue weighted by atomic mass is 35.5. The summed E-state index contributed by atoms with van der Waals surface area (Å²) < 4.78 is 35.4. The minimum atomic E-state index is -3.58. The van der Waals surface area contributed by atoms with Gasteiger partial charge in [-0.05, 0) is 92.5 Å². The molecule has 1 spiro atoms. The van der Waals surface area contributed by atoms with E-state index in [0.717, 1.165) is 50.9 Å². The normalized spacial score (nSPS) is 30.2. The first kappa shape index (κ1) is 34.8. The molecule has 1 N–H and O–H groups in total. The molecule has 2 amide bonds. The number of hydrogen-bond donors (Lipinski definition) is 1. The van der Waals surface area contributed by atoms with Gasteiger partial charge in [0.05, 0.1) is 29.7 Å². The number of amides is 2. The van der Waals surface area contributed by atoms with E-state index in [1.807, 2.05) is 19.1 Å². The van der Waals surface area contributed by atoms with E-state index in [4.69, 9.17) is 21.1 Å². The van der Waals surface area contributed by atoms with Crippen molar-refractivity contribution in [3.8, 4) is 5.75 Å². The lowest BCUT2D eigenvalue weighted by molar-refractivity contribution is 0.0131. The molecule has 10 nitrogen and oxygen atoms in total. The Morgan fingerprint density at radius 1 is 1.20 bits per heavy atom. The predicted octanol–water partition coefficient (Wildman–Crippen LogP) is 6.45. The number of nitrogens with zero attached hydrogens (tertiary/aromatic N) is 4. The van der Waals surface area contributed by atoms with Crippen LogP contribution in [-0.2, 0) is 33.5 Å². The number of nitrogens with one attached hydrogen (secondary N) is 1. The van der Waals surface area contributed by atoms with Crippen molar-refractivity contribution in [2.45, 2.75) is 63.9 Å². The molecule has 1 saturated carbocycles. The Balaban J connectivity index is 1.31. The predicted molar refractivity (Wildman–Crippen MR) is 195 cm³/mol. The Labute approximate surface area is 299 Å². The molecule has 2 bridgehead atoms. The molecule has 6 atom stereocenters. The van der Waals surface area contributed by atoms with Crippen molar-refractivity contribution < 1.29 is 23.3 Å². The van der Waals surface area contributed by atoms with Gasteiger partial charge in [-0.3, -0.25) is 19.0 Å². The maximum atomic E-state index is 14.5. The van der Waals surface area contributed by atoms with E-state index in [9.17, 15) is 13.8 Å². The molecule has 1 unspecified atom stereocenters. The largest absolute Gasteiger partial charge is 0.490 e. The molecule has 0 saturated heterocycles. The minimum absolute atomic E-state index is 0.0252. The van der Waals surface area contributed by atoms with Crippen molar-refractivity contribution in [3.05, 3.63) is 87.7 Å². The highest BCUT2D eigenvalue weighted by Gasteiger charge is 2.44. The Hall–Kier alpha value is -3.67. The van der Waals surface area contributed by atoms with Gasteiger partial charge in [0, 0.05) is 44.4 Å². The van der Waals surface area contributed by atoms with Crippen LogP contribution >= 0.6 is 11.6 Å². The highest BCUT2D eigenvalue weighted by Crippen LogP contribution is 2.47. The van der Waals surface area contributed by atoms with Crippen LogP contribution in [0.1, 0.15) is 76.4 Å². The lowest BCUT2D eigenvalue weighted by Crippen LogP contribution is -2.49. The van der Waals surface area contributed by atoms with Crippen LogP contribution < -0.4 is 14.4 Å². The second kappa shape index (κ2) is 13.8. The van der Waals surface area contributed by atoms with E-state index < -0.39 is 21.7 Å². The summed E-state index contributed by atoms with van der Waals surface area (Å²) in [4.78, 5) is 29.7. The van der Waals surface area contributed by atoms with Gasteiger partial charge in [-0.25, -0.2) is 4.21 Å². The Bertz CT molecular complexity index is 1970. The Morgan fingerprint density at radius 2 is 2.04 bits per heavy atom. The van der Waals surface area contributed by atoms with Gasteiger partial charge in [0.2, 0.25) is 0 Å². The van der Waals surface area contributed by atoms with Crippen molar-refractivity contribution in [3.63, 3.8) is 0 Å². The number of halogens is 1. The van der Waals surface area contributed by atoms with Crippen molar-refractivity contribution in [1.82, 2.24) is 14.5 Å². The molecule has 3 aromatic rings. The van der Waals surface area contributed by atoms with Gasteiger partial charge >= 0.3 is 0 Å². The maximum Gasteiger partial charge on any atom is 0.286 e. The van der Waals surface area contributed by atoms with E-state index in [-0.39, 0.29) is 39.5 Å². The third-order valence-electron chi connectivity index (χ3n) is 11.0. The standard InChI is InChI=1S/C38H46ClN5O5S/c1-24-10-14-31-26(17-24)8-6-16-38(31)22-44-19-28-11-13-29(28)33(48-4)9-5-7-25(2)21-50(47,42-37(46)30-20-43(3)40-35(30)39)41-36(45)27-12-15-34(49-23-38)32(44)18-27/h5,9-10,12,14-15,17-18,20,25,28-29,33H,6-8,11,13,16,19,21-23H2,1-4H3,(H,41,42,45,46,47)/b9-5+/t25-,28-,29+,33-,38-,50?/m0/s1. The molecule has 1 fully saturated rings. The van der Waals surface area contributed by atoms with Crippen LogP contribution in [0.5, 0.6) is 5.75 Å². The van der Waals surface area contributed by atoms with Crippen molar-refractivity contribution in [2.75, 3.05) is 37.5 Å². The van der Waals surface area contributed by atoms with Gasteiger partial charge in [0.25, 0.3) is 11.8 Å². The van der Waals surface area contributed by atoms with Crippen LogP contribution in [0.15, 0.2) is 59.1 Å². The first-order valence-corrected chi connectivity index (χ1v) is 19.6. The summed E-state index contributed by atoms with van der Waals surface area (Å²) in [5.74, 6) is -0.106. The Kier molecular flexibility index (Phi) is 9.60. The van der Waals surface area contributed by atoms with Gasteiger partial charge in [0.1, 0.15) is 15.7 Å². The second-order valence-electron chi connectivity index (χ2n) is 14.8. The molecular weight excluding hydrogens is 674 g/mol. The summed E-state index contributed by atoms with van der Waals surface area (Å²) in [7, 11) is -0.178. The van der Waals surface area contributed by atoms with Crippen LogP contribution in [0.2, 0.25) is 5.15 Å². The number of aryl methyl sites for hydroxylation is 3. The van der Waals surface area contributed by atoms with Gasteiger partial charge in [-0.2, -0.15) is 5.10 Å². The SMILES string of the molecule is CO[C@H]1/C=C/C[C@H](C)CS(=O)(NC(=O)c2cn(C)nc2Cl)=NC(=O)c2ccc3c(c2)N(C[C@@H]2CC[C@H]21)C[C@@]1(CCCc2cc(C)ccc21)CO3. The minimum Gasteiger partial charge on any atom is -0.490 e. The molecule has 0 radical (unpaired) electrons. The lowest BCUT2D eigenvalue weighted by Gasteiger charge is -2.46. The summed E-state index contributed by atoms with van der Waals surface area (Å²) in [6.45, 7) is 6.16. The van der Waals surface area contributed by atoms with E-state index >= 15 is 0 Å². The van der Waals surface area contributed by atoms with Crippen molar-refractivity contribution >= 4 is 39.0 Å². The number of carbonyl (C=O) groups is 2. The van der Waals surface area contributed by atoms with Crippen molar-refractivity contribution in [2.24, 2.45) is 29.2 Å². The number of methoxy groups -OCH3 is 1. The number of anilines is 1. The van der Waals surface area contributed by atoms with Crippen LogP contribution in [0, 0.1) is 24.7 Å². The average molecular weight is 720 g/mol. The molecule has 2 aliphatic carbocycles. The first-order chi connectivity index (χ1) is 24.0. The fourth-order valence-electron chi connectivity index (χ4n) is 8.34. The molecule has 7 rings (SSSR count).